The van der Waals surface area contributed by atoms with E-state index in [0.717, 1.165) is 47.8 Å². The van der Waals surface area contributed by atoms with Gasteiger partial charge in [-0.1, -0.05) is 23.7 Å². The fourth-order valence-corrected chi connectivity index (χ4v) is 2.28. The molecule has 2 rings (SSSR count). The van der Waals surface area contributed by atoms with E-state index in [-0.39, 0.29) is 0 Å². The maximum atomic E-state index is 6.07. The highest BCUT2D eigenvalue weighted by molar-refractivity contribution is 6.30. The molecule has 0 fully saturated rings. The van der Waals surface area contributed by atoms with Gasteiger partial charge in [-0.15, -0.1) is 0 Å². The molecule has 1 heterocycles. The number of nitrogens with one attached hydrogen (secondary N) is 1. The number of hydrogen-bond donors (Lipinski definition) is 1. The summed E-state index contributed by atoms with van der Waals surface area (Å²) in [5, 5.41) is 8.02. The summed E-state index contributed by atoms with van der Waals surface area (Å²) in [6.07, 6.45) is 1.09. The Balaban J connectivity index is 2.08. The summed E-state index contributed by atoms with van der Waals surface area (Å²) >= 11 is 6.07. The summed E-state index contributed by atoms with van der Waals surface area (Å²) in [6.45, 7) is 8.11. The van der Waals surface area contributed by atoms with Crippen LogP contribution in [0.5, 0.6) is 5.75 Å². The molecule has 4 nitrogen and oxygen atoms in total. The van der Waals surface area contributed by atoms with E-state index in [1.165, 1.54) is 0 Å². The molecular weight excluding hydrogens is 288 g/mol. The largest absolute Gasteiger partial charge is 0.488 e. The van der Waals surface area contributed by atoms with Crippen LogP contribution in [0.15, 0.2) is 22.7 Å². The van der Waals surface area contributed by atoms with E-state index < -0.39 is 0 Å². The lowest BCUT2D eigenvalue weighted by atomic mass is 10.2. The van der Waals surface area contributed by atoms with Gasteiger partial charge in [0, 0.05) is 17.1 Å². The number of aryl methyl sites for hydroxylation is 2. The third kappa shape index (κ3) is 4.22. The van der Waals surface area contributed by atoms with Crippen LogP contribution < -0.4 is 10.1 Å². The van der Waals surface area contributed by atoms with Crippen molar-refractivity contribution in [3.05, 3.63) is 45.8 Å². The Kier molecular flexibility index (Phi) is 5.65. The van der Waals surface area contributed by atoms with Crippen LogP contribution in [0.1, 0.15) is 35.9 Å². The summed E-state index contributed by atoms with van der Waals surface area (Å²) in [6, 6.07) is 5.68. The minimum atomic E-state index is 0.448. The molecule has 1 aromatic heterocycles. The second-order valence-corrected chi connectivity index (χ2v) is 5.46. The van der Waals surface area contributed by atoms with Crippen LogP contribution in [-0.2, 0) is 13.2 Å². The summed E-state index contributed by atoms with van der Waals surface area (Å²) in [5.41, 5.74) is 2.92. The lowest BCUT2D eigenvalue weighted by Crippen LogP contribution is -2.14. The molecular formula is C16H21ClN2O2. The first kappa shape index (κ1) is 15.9. The summed E-state index contributed by atoms with van der Waals surface area (Å²) < 4.78 is 11.1. The van der Waals surface area contributed by atoms with Gasteiger partial charge < -0.3 is 14.6 Å². The van der Waals surface area contributed by atoms with Crippen LogP contribution >= 0.6 is 11.6 Å². The van der Waals surface area contributed by atoms with Gasteiger partial charge in [0.25, 0.3) is 0 Å². The number of hydrogen-bond acceptors (Lipinski definition) is 4. The van der Waals surface area contributed by atoms with Crippen molar-refractivity contribution in [2.24, 2.45) is 0 Å². The molecule has 2 aromatic rings. The Hall–Kier alpha value is -1.52. The van der Waals surface area contributed by atoms with Crippen molar-refractivity contribution in [2.45, 2.75) is 40.3 Å². The van der Waals surface area contributed by atoms with Crippen molar-refractivity contribution in [1.29, 1.82) is 0 Å². The van der Waals surface area contributed by atoms with E-state index in [4.69, 9.17) is 20.9 Å². The van der Waals surface area contributed by atoms with Crippen molar-refractivity contribution >= 4 is 11.6 Å². The van der Waals surface area contributed by atoms with Crippen LogP contribution in [-0.4, -0.2) is 11.7 Å². The standard InChI is InChI=1S/C16H21ClN2O2/c1-4-7-18-9-13-8-14(17)5-6-16(13)20-10-15-11(2)19-21-12(15)3/h5-6,8,18H,4,7,9-10H2,1-3H3. The zero-order valence-corrected chi connectivity index (χ0v) is 13.5. The molecule has 0 aliphatic rings. The molecule has 0 saturated heterocycles. The van der Waals surface area contributed by atoms with E-state index in [2.05, 4.69) is 17.4 Å². The van der Waals surface area contributed by atoms with Gasteiger partial charge in [0.05, 0.1) is 11.3 Å². The van der Waals surface area contributed by atoms with E-state index in [0.29, 0.717) is 11.6 Å². The topological polar surface area (TPSA) is 47.3 Å². The molecule has 0 spiro atoms. The molecule has 1 aromatic carbocycles. The Morgan fingerprint density at radius 2 is 2.14 bits per heavy atom. The van der Waals surface area contributed by atoms with Gasteiger partial charge in [-0.3, -0.25) is 0 Å². The van der Waals surface area contributed by atoms with Gasteiger partial charge in [-0.25, -0.2) is 0 Å². The van der Waals surface area contributed by atoms with E-state index in [9.17, 15) is 0 Å². The molecule has 0 bridgehead atoms. The molecule has 0 aliphatic carbocycles. The molecule has 114 valence electrons. The Morgan fingerprint density at radius 1 is 1.33 bits per heavy atom. The van der Waals surface area contributed by atoms with Gasteiger partial charge in [-0.05, 0) is 45.0 Å². The minimum Gasteiger partial charge on any atom is -0.488 e. The Labute approximate surface area is 130 Å². The van der Waals surface area contributed by atoms with Crippen LogP contribution in [0.4, 0.5) is 0 Å². The second-order valence-electron chi connectivity index (χ2n) is 5.02. The molecule has 0 saturated carbocycles. The zero-order valence-electron chi connectivity index (χ0n) is 12.7. The number of aromatic nitrogens is 1. The highest BCUT2D eigenvalue weighted by atomic mass is 35.5. The van der Waals surface area contributed by atoms with Crippen molar-refractivity contribution in [3.8, 4) is 5.75 Å². The SMILES string of the molecule is CCCNCc1cc(Cl)ccc1OCc1c(C)noc1C. The van der Waals surface area contributed by atoms with Crippen LogP contribution in [0, 0.1) is 13.8 Å². The second kappa shape index (κ2) is 7.48. The molecule has 0 amide bonds. The molecule has 0 atom stereocenters. The van der Waals surface area contributed by atoms with Crippen molar-refractivity contribution in [1.82, 2.24) is 10.5 Å². The Morgan fingerprint density at radius 3 is 2.81 bits per heavy atom. The third-order valence-electron chi connectivity index (χ3n) is 3.32. The van der Waals surface area contributed by atoms with Crippen LogP contribution in [0.3, 0.4) is 0 Å². The monoisotopic (exact) mass is 308 g/mol. The van der Waals surface area contributed by atoms with Crippen LogP contribution in [0.2, 0.25) is 5.02 Å². The molecule has 21 heavy (non-hydrogen) atoms. The molecule has 0 radical (unpaired) electrons. The van der Waals surface area contributed by atoms with Gasteiger partial charge in [0.15, 0.2) is 0 Å². The fraction of sp³-hybridized carbons (Fsp3) is 0.438. The molecule has 1 N–H and O–H groups in total. The smallest absolute Gasteiger partial charge is 0.140 e. The van der Waals surface area contributed by atoms with Gasteiger partial charge in [0.1, 0.15) is 18.1 Å². The summed E-state index contributed by atoms with van der Waals surface area (Å²) in [4.78, 5) is 0. The lowest BCUT2D eigenvalue weighted by Gasteiger charge is -2.12. The zero-order chi connectivity index (χ0) is 15.2. The van der Waals surface area contributed by atoms with E-state index >= 15 is 0 Å². The molecule has 0 unspecified atom stereocenters. The van der Waals surface area contributed by atoms with Crippen LogP contribution in [0.25, 0.3) is 0 Å². The number of benzene rings is 1. The lowest BCUT2D eigenvalue weighted by molar-refractivity contribution is 0.298. The van der Waals surface area contributed by atoms with E-state index in [1.54, 1.807) is 0 Å². The number of rotatable bonds is 7. The first-order chi connectivity index (χ1) is 10.1. The number of nitrogens with zero attached hydrogens (tertiary/aromatic N) is 1. The predicted octanol–water partition coefficient (Wildman–Crippen LogP) is 4.02. The van der Waals surface area contributed by atoms with Gasteiger partial charge in [-0.2, -0.15) is 0 Å². The highest BCUT2D eigenvalue weighted by Gasteiger charge is 2.11. The first-order valence-electron chi connectivity index (χ1n) is 7.15. The average Bonchev–Trinajstić information content (AvgIpc) is 2.78. The molecule has 5 heteroatoms. The minimum absolute atomic E-state index is 0.448. The van der Waals surface area contributed by atoms with Gasteiger partial charge >= 0.3 is 0 Å². The van der Waals surface area contributed by atoms with Crippen molar-refractivity contribution in [3.63, 3.8) is 0 Å². The normalized spacial score (nSPS) is 10.9. The summed E-state index contributed by atoms with van der Waals surface area (Å²) in [7, 11) is 0. The maximum absolute atomic E-state index is 6.07. The highest BCUT2D eigenvalue weighted by Crippen LogP contribution is 2.25. The summed E-state index contributed by atoms with van der Waals surface area (Å²) in [5.74, 6) is 1.63. The van der Waals surface area contributed by atoms with E-state index in [1.807, 2.05) is 32.0 Å². The van der Waals surface area contributed by atoms with Gasteiger partial charge in [0.2, 0.25) is 0 Å². The average molecular weight is 309 g/mol. The number of halogens is 1. The molecule has 0 aliphatic heterocycles. The van der Waals surface area contributed by atoms with Crippen molar-refractivity contribution < 1.29 is 9.26 Å². The Bertz CT molecular complexity index is 576. The third-order valence-corrected chi connectivity index (χ3v) is 3.55. The maximum Gasteiger partial charge on any atom is 0.140 e. The first-order valence-corrected chi connectivity index (χ1v) is 7.53. The van der Waals surface area contributed by atoms with Crippen molar-refractivity contribution in [2.75, 3.05) is 6.54 Å². The predicted molar refractivity (Wildman–Crippen MR) is 83.8 cm³/mol. The fourth-order valence-electron chi connectivity index (χ4n) is 2.08. The number of ether oxygens (including phenoxy) is 1. The quantitative estimate of drug-likeness (QED) is 0.785.